The van der Waals surface area contributed by atoms with Gasteiger partial charge in [0.2, 0.25) is 0 Å². The zero-order valence-corrected chi connectivity index (χ0v) is 7.89. The molecule has 0 radical (unpaired) electrons. The second-order valence-electron chi connectivity index (χ2n) is 3.60. The zero-order valence-electron chi connectivity index (χ0n) is 7.13. The smallest absolute Gasteiger partial charge is 0.187 e. The third-order valence-corrected chi connectivity index (χ3v) is 1.76. The molecule has 1 rings (SSSR count). The number of halogens is 1. The van der Waals surface area contributed by atoms with Crippen LogP contribution in [0.25, 0.3) is 0 Å². The highest BCUT2D eigenvalue weighted by Crippen LogP contribution is 2.07. The predicted molar refractivity (Wildman–Crippen MR) is 46.6 cm³/mol. The molecule has 2 heteroatoms. The van der Waals surface area contributed by atoms with E-state index in [2.05, 4.69) is 25.3 Å². The van der Waals surface area contributed by atoms with Crippen LogP contribution in [0.4, 0.5) is 0 Å². The number of pyridine rings is 1. The van der Waals surface area contributed by atoms with Crippen LogP contribution in [-0.4, -0.2) is 0 Å². The lowest BCUT2D eigenvalue weighted by Crippen LogP contribution is -2.49. The molecule has 0 saturated heterocycles. The number of rotatable bonds is 0. The summed E-state index contributed by atoms with van der Waals surface area (Å²) in [6.45, 7) is 6.43. The van der Waals surface area contributed by atoms with E-state index in [1.54, 1.807) is 0 Å². The minimum absolute atomic E-state index is 0.116. The van der Waals surface area contributed by atoms with Gasteiger partial charge in [-0.25, -0.2) is 0 Å². The van der Waals surface area contributed by atoms with Gasteiger partial charge in [0.15, 0.2) is 17.9 Å². The number of hydrogen-bond acceptors (Lipinski definition) is 0. The van der Waals surface area contributed by atoms with Crippen molar-refractivity contribution in [2.75, 3.05) is 0 Å². The third-order valence-electron chi connectivity index (χ3n) is 1.54. The Bertz CT molecular complexity index is 250. The topological polar surface area (TPSA) is 3.88 Å². The molecule has 1 aromatic rings. The standard InChI is InChI=1S/C9H13ClN/c1-9(2,3)11-6-4-5-8(10)7-11/h4-7H,1-3H3/q+1. The minimum atomic E-state index is 0.116. The Morgan fingerprint density at radius 1 is 1.36 bits per heavy atom. The first-order valence-corrected chi connectivity index (χ1v) is 4.05. The van der Waals surface area contributed by atoms with Crippen molar-refractivity contribution in [3.05, 3.63) is 29.5 Å². The van der Waals surface area contributed by atoms with Gasteiger partial charge in [-0.15, -0.1) is 0 Å². The van der Waals surface area contributed by atoms with E-state index >= 15 is 0 Å². The van der Waals surface area contributed by atoms with Crippen LogP contribution >= 0.6 is 11.6 Å². The summed E-state index contributed by atoms with van der Waals surface area (Å²) in [7, 11) is 0. The van der Waals surface area contributed by atoms with Crippen molar-refractivity contribution in [1.82, 2.24) is 0 Å². The van der Waals surface area contributed by atoms with Crippen molar-refractivity contribution < 1.29 is 4.57 Å². The summed E-state index contributed by atoms with van der Waals surface area (Å²) in [4.78, 5) is 0. The Morgan fingerprint density at radius 3 is 2.36 bits per heavy atom. The zero-order chi connectivity index (χ0) is 8.48. The lowest BCUT2D eigenvalue weighted by Gasteiger charge is -2.12. The number of hydrogen-bond donors (Lipinski definition) is 0. The summed E-state index contributed by atoms with van der Waals surface area (Å²) in [5.41, 5.74) is 0.116. The van der Waals surface area contributed by atoms with Gasteiger partial charge in [0.25, 0.3) is 0 Å². The van der Waals surface area contributed by atoms with Crippen LogP contribution in [0.15, 0.2) is 24.5 Å². The molecule has 0 aromatic carbocycles. The average Bonchev–Trinajstić information content (AvgIpc) is 1.86. The van der Waals surface area contributed by atoms with E-state index in [0.717, 1.165) is 5.02 Å². The lowest BCUT2D eigenvalue weighted by atomic mass is 10.1. The molecule has 1 aromatic heterocycles. The largest absolute Gasteiger partial charge is 0.199 e. The Morgan fingerprint density at radius 2 is 2.00 bits per heavy atom. The molecule has 0 saturated carbocycles. The molecule has 0 aliphatic carbocycles. The van der Waals surface area contributed by atoms with Crippen LogP contribution in [-0.2, 0) is 5.54 Å². The molecule has 0 atom stereocenters. The van der Waals surface area contributed by atoms with Crippen molar-refractivity contribution in [3.8, 4) is 0 Å². The second kappa shape index (κ2) is 2.82. The van der Waals surface area contributed by atoms with Crippen LogP contribution in [0.1, 0.15) is 20.8 Å². The van der Waals surface area contributed by atoms with Gasteiger partial charge < -0.3 is 0 Å². The maximum atomic E-state index is 5.83. The monoisotopic (exact) mass is 170 g/mol. The van der Waals surface area contributed by atoms with Crippen molar-refractivity contribution >= 4 is 11.6 Å². The maximum Gasteiger partial charge on any atom is 0.187 e. The van der Waals surface area contributed by atoms with E-state index in [4.69, 9.17) is 11.6 Å². The molecule has 0 bridgehead atoms. The molecule has 0 spiro atoms. The van der Waals surface area contributed by atoms with Gasteiger partial charge in [-0.3, -0.25) is 0 Å². The first kappa shape index (κ1) is 8.54. The van der Waals surface area contributed by atoms with Gasteiger partial charge >= 0.3 is 0 Å². The van der Waals surface area contributed by atoms with Crippen molar-refractivity contribution in [1.29, 1.82) is 0 Å². The van der Waals surface area contributed by atoms with Crippen molar-refractivity contribution in [2.45, 2.75) is 26.3 Å². The van der Waals surface area contributed by atoms with Crippen LogP contribution in [0, 0.1) is 0 Å². The summed E-state index contributed by atoms with van der Waals surface area (Å²) >= 11 is 5.83. The third kappa shape index (κ3) is 2.19. The molecule has 0 N–H and O–H groups in total. The van der Waals surface area contributed by atoms with E-state index in [0.29, 0.717) is 0 Å². The van der Waals surface area contributed by atoms with Crippen LogP contribution in [0.2, 0.25) is 5.02 Å². The Balaban J connectivity index is 3.06. The quantitative estimate of drug-likeness (QED) is 0.527. The maximum absolute atomic E-state index is 5.83. The highest BCUT2D eigenvalue weighted by molar-refractivity contribution is 6.30. The summed E-state index contributed by atoms with van der Waals surface area (Å²) in [6, 6.07) is 3.83. The highest BCUT2D eigenvalue weighted by Gasteiger charge is 2.20. The molecule has 0 unspecified atom stereocenters. The molecule has 1 heterocycles. The lowest BCUT2D eigenvalue weighted by molar-refractivity contribution is -0.754. The molecule has 0 amide bonds. The number of aromatic nitrogens is 1. The fourth-order valence-electron chi connectivity index (χ4n) is 0.864. The first-order chi connectivity index (χ1) is 5.00. The van der Waals surface area contributed by atoms with E-state index in [1.165, 1.54) is 0 Å². The molecular weight excluding hydrogens is 158 g/mol. The average molecular weight is 171 g/mol. The van der Waals surface area contributed by atoms with Gasteiger partial charge in [0, 0.05) is 26.8 Å². The SMILES string of the molecule is CC(C)(C)[n+]1cccc(Cl)c1. The van der Waals surface area contributed by atoms with Crippen LogP contribution < -0.4 is 4.57 Å². The summed E-state index contributed by atoms with van der Waals surface area (Å²) in [5.74, 6) is 0. The van der Waals surface area contributed by atoms with Crippen molar-refractivity contribution in [3.63, 3.8) is 0 Å². The molecular formula is C9H13ClN+. The van der Waals surface area contributed by atoms with E-state index in [1.807, 2.05) is 24.5 Å². The van der Waals surface area contributed by atoms with Gasteiger partial charge in [0.05, 0.1) is 0 Å². The molecule has 0 aliphatic heterocycles. The van der Waals surface area contributed by atoms with Gasteiger partial charge in [-0.05, 0) is 6.07 Å². The summed E-state index contributed by atoms with van der Waals surface area (Å²) < 4.78 is 2.09. The Labute approximate surface area is 72.6 Å². The summed E-state index contributed by atoms with van der Waals surface area (Å²) in [6.07, 6.45) is 3.95. The van der Waals surface area contributed by atoms with Crippen molar-refractivity contribution in [2.24, 2.45) is 0 Å². The fourth-order valence-corrected chi connectivity index (χ4v) is 1.04. The first-order valence-electron chi connectivity index (χ1n) is 3.67. The van der Waals surface area contributed by atoms with Gasteiger partial charge in [-0.2, -0.15) is 4.57 Å². The van der Waals surface area contributed by atoms with E-state index < -0.39 is 0 Å². The highest BCUT2D eigenvalue weighted by atomic mass is 35.5. The molecule has 11 heavy (non-hydrogen) atoms. The molecule has 0 fully saturated rings. The predicted octanol–water partition coefficient (Wildman–Crippen LogP) is 2.38. The van der Waals surface area contributed by atoms with Gasteiger partial charge in [0.1, 0.15) is 5.02 Å². The van der Waals surface area contributed by atoms with Crippen LogP contribution in [0.5, 0.6) is 0 Å². The van der Waals surface area contributed by atoms with E-state index in [9.17, 15) is 0 Å². The van der Waals surface area contributed by atoms with E-state index in [-0.39, 0.29) is 5.54 Å². The second-order valence-corrected chi connectivity index (χ2v) is 4.04. The summed E-state index contributed by atoms with van der Waals surface area (Å²) in [5, 5.41) is 0.780. The minimum Gasteiger partial charge on any atom is -0.199 e. The Kier molecular flexibility index (Phi) is 2.19. The molecule has 1 nitrogen and oxygen atoms in total. The molecule has 60 valence electrons. The number of nitrogens with zero attached hydrogens (tertiary/aromatic N) is 1. The van der Waals surface area contributed by atoms with Gasteiger partial charge in [-0.1, -0.05) is 11.6 Å². The van der Waals surface area contributed by atoms with Crippen LogP contribution in [0.3, 0.4) is 0 Å². The fraction of sp³-hybridized carbons (Fsp3) is 0.444. The Hall–Kier alpha value is -0.560. The normalized spacial score (nSPS) is 11.6. The molecule has 0 aliphatic rings.